The van der Waals surface area contributed by atoms with Gasteiger partial charge in [-0.1, -0.05) is 6.07 Å². The van der Waals surface area contributed by atoms with Crippen molar-refractivity contribution in [1.82, 2.24) is 9.97 Å². The lowest BCUT2D eigenvalue weighted by Gasteiger charge is -2.15. The van der Waals surface area contributed by atoms with E-state index >= 15 is 0 Å². The quantitative estimate of drug-likeness (QED) is 0.869. The Kier molecular flexibility index (Phi) is 3.96. The second kappa shape index (κ2) is 5.66. The number of anilines is 2. The van der Waals surface area contributed by atoms with E-state index in [1.807, 2.05) is 25.5 Å². The Bertz CT molecular complexity index is 557. The molecule has 19 heavy (non-hydrogen) atoms. The van der Waals surface area contributed by atoms with Gasteiger partial charge in [0.2, 0.25) is 5.95 Å². The van der Waals surface area contributed by atoms with Crippen LogP contribution in [0.5, 0.6) is 0 Å². The number of aliphatic carboxylic acids is 1. The van der Waals surface area contributed by atoms with Gasteiger partial charge in [0.05, 0.1) is 0 Å². The molecule has 2 aromatic rings. The van der Waals surface area contributed by atoms with Crippen molar-refractivity contribution in [1.29, 1.82) is 0 Å². The van der Waals surface area contributed by atoms with Crippen molar-refractivity contribution in [3.63, 3.8) is 0 Å². The molecule has 0 radical (unpaired) electrons. The molecule has 2 rings (SSSR count). The number of nitrogens with zero attached hydrogens (tertiary/aromatic N) is 3. The molecule has 0 spiro atoms. The van der Waals surface area contributed by atoms with Crippen LogP contribution in [0.15, 0.2) is 29.8 Å². The molecule has 0 bridgehead atoms. The van der Waals surface area contributed by atoms with Crippen LogP contribution in [0.2, 0.25) is 0 Å². The molecule has 0 fully saturated rings. The molecule has 2 heterocycles. The minimum absolute atomic E-state index is 0.486. The molecule has 0 aliphatic carbocycles. The fourth-order valence-electron chi connectivity index (χ4n) is 1.50. The molecule has 0 aromatic carbocycles. The Morgan fingerprint density at radius 1 is 1.47 bits per heavy atom. The van der Waals surface area contributed by atoms with Crippen LogP contribution in [0.3, 0.4) is 0 Å². The number of hydrogen-bond donors (Lipinski definition) is 2. The highest BCUT2D eigenvalue weighted by atomic mass is 32.1. The van der Waals surface area contributed by atoms with Crippen molar-refractivity contribution in [2.75, 3.05) is 24.3 Å². The van der Waals surface area contributed by atoms with E-state index in [0.29, 0.717) is 11.8 Å². The van der Waals surface area contributed by atoms with Gasteiger partial charge >= 0.3 is 5.97 Å². The van der Waals surface area contributed by atoms with Crippen molar-refractivity contribution in [2.45, 2.75) is 6.04 Å². The number of carbonyl (C=O) groups is 1. The lowest BCUT2D eigenvalue weighted by atomic mass is 10.2. The third kappa shape index (κ3) is 3.19. The number of carboxylic acid groups (broad SMARTS) is 1. The first-order chi connectivity index (χ1) is 9.08. The van der Waals surface area contributed by atoms with Crippen molar-refractivity contribution in [2.24, 2.45) is 0 Å². The third-order valence-corrected chi connectivity index (χ3v) is 3.35. The largest absolute Gasteiger partial charge is 0.479 e. The van der Waals surface area contributed by atoms with Crippen LogP contribution < -0.4 is 10.2 Å². The molecular weight excluding hydrogens is 264 g/mol. The molecule has 100 valence electrons. The molecule has 1 atom stereocenters. The van der Waals surface area contributed by atoms with E-state index in [2.05, 4.69) is 15.3 Å². The molecule has 2 N–H and O–H groups in total. The number of hydrogen-bond acceptors (Lipinski definition) is 6. The smallest absolute Gasteiger partial charge is 0.331 e. The van der Waals surface area contributed by atoms with E-state index in [1.165, 1.54) is 11.3 Å². The first kappa shape index (κ1) is 13.3. The Labute approximate surface area is 114 Å². The summed E-state index contributed by atoms with van der Waals surface area (Å²) in [6.07, 6.45) is 1.60. The Balaban J connectivity index is 2.23. The number of rotatable bonds is 5. The van der Waals surface area contributed by atoms with Gasteiger partial charge in [-0.05, 0) is 17.5 Å². The second-order valence-corrected chi connectivity index (χ2v) is 5.05. The first-order valence-corrected chi connectivity index (χ1v) is 6.49. The standard InChI is InChI=1S/C12H14N4O2S/c1-16(2)12-13-6-5-9(15-12)14-10(11(17)18)8-4-3-7-19-8/h3-7,10H,1-2H3,(H,17,18)(H,13,14,15). The zero-order valence-corrected chi connectivity index (χ0v) is 11.4. The maximum Gasteiger partial charge on any atom is 0.331 e. The van der Waals surface area contributed by atoms with Crippen molar-refractivity contribution < 1.29 is 9.90 Å². The monoisotopic (exact) mass is 278 g/mol. The summed E-state index contributed by atoms with van der Waals surface area (Å²) < 4.78 is 0. The number of carboxylic acids is 1. The van der Waals surface area contributed by atoms with Crippen LogP contribution in [0.4, 0.5) is 11.8 Å². The molecule has 6 nitrogen and oxygen atoms in total. The highest BCUT2D eigenvalue weighted by Gasteiger charge is 2.21. The second-order valence-electron chi connectivity index (χ2n) is 4.07. The number of aromatic nitrogens is 2. The molecule has 0 saturated heterocycles. The Hall–Kier alpha value is -2.15. The van der Waals surface area contributed by atoms with Gasteiger partial charge in [-0.2, -0.15) is 4.98 Å². The van der Waals surface area contributed by atoms with Crippen LogP contribution in [0.1, 0.15) is 10.9 Å². The topological polar surface area (TPSA) is 78.4 Å². The summed E-state index contributed by atoms with van der Waals surface area (Å²) in [6.45, 7) is 0. The normalized spacial score (nSPS) is 11.9. The van der Waals surface area contributed by atoms with Gasteiger partial charge in [0.25, 0.3) is 0 Å². The number of thiophene rings is 1. The van der Waals surface area contributed by atoms with Gasteiger partial charge in [0.15, 0.2) is 6.04 Å². The molecule has 0 amide bonds. The summed E-state index contributed by atoms with van der Waals surface area (Å²) in [5, 5.41) is 14.0. The van der Waals surface area contributed by atoms with Crippen molar-refractivity contribution >= 4 is 29.1 Å². The molecule has 2 aromatic heterocycles. The fraction of sp³-hybridized carbons (Fsp3) is 0.250. The van der Waals surface area contributed by atoms with Gasteiger partial charge < -0.3 is 15.3 Å². The molecule has 7 heteroatoms. The Morgan fingerprint density at radius 2 is 2.26 bits per heavy atom. The van der Waals surface area contributed by atoms with Gasteiger partial charge in [0.1, 0.15) is 5.82 Å². The first-order valence-electron chi connectivity index (χ1n) is 5.61. The third-order valence-electron chi connectivity index (χ3n) is 2.41. The van der Waals surface area contributed by atoms with Crippen molar-refractivity contribution in [3.8, 4) is 0 Å². The van der Waals surface area contributed by atoms with Crippen LogP contribution in [0, 0.1) is 0 Å². The fourth-order valence-corrected chi connectivity index (χ4v) is 2.27. The zero-order chi connectivity index (χ0) is 13.8. The number of nitrogens with one attached hydrogen (secondary N) is 1. The lowest BCUT2D eigenvalue weighted by molar-refractivity contribution is -0.138. The van der Waals surface area contributed by atoms with E-state index in [-0.39, 0.29) is 0 Å². The minimum Gasteiger partial charge on any atom is -0.479 e. The lowest BCUT2D eigenvalue weighted by Crippen LogP contribution is -2.21. The average molecular weight is 278 g/mol. The Morgan fingerprint density at radius 3 is 2.84 bits per heavy atom. The van der Waals surface area contributed by atoms with Crippen molar-refractivity contribution in [3.05, 3.63) is 34.7 Å². The maximum absolute atomic E-state index is 11.3. The molecular formula is C12H14N4O2S. The van der Waals surface area contributed by atoms with Gasteiger partial charge in [-0.25, -0.2) is 9.78 Å². The predicted molar refractivity (Wildman–Crippen MR) is 74.7 cm³/mol. The molecule has 0 aliphatic heterocycles. The van der Waals surface area contributed by atoms with E-state index in [9.17, 15) is 9.90 Å². The summed E-state index contributed by atoms with van der Waals surface area (Å²) in [5.41, 5.74) is 0. The van der Waals surface area contributed by atoms with Crippen LogP contribution >= 0.6 is 11.3 Å². The highest BCUT2D eigenvalue weighted by molar-refractivity contribution is 7.10. The minimum atomic E-state index is -0.938. The maximum atomic E-state index is 11.3. The molecule has 0 aliphatic rings. The molecule has 1 unspecified atom stereocenters. The summed E-state index contributed by atoms with van der Waals surface area (Å²) in [6, 6.07) is 4.45. The van der Waals surface area contributed by atoms with Gasteiger partial charge in [-0.15, -0.1) is 11.3 Å². The van der Waals surface area contributed by atoms with E-state index in [1.54, 1.807) is 23.2 Å². The SMILES string of the molecule is CN(C)c1nccc(NC(C(=O)O)c2cccs2)n1. The van der Waals surface area contributed by atoms with Crippen LogP contribution in [0.25, 0.3) is 0 Å². The van der Waals surface area contributed by atoms with Gasteiger partial charge in [0, 0.05) is 25.2 Å². The van der Waals surface area contributed by atoms with E-state index in [4.69, 9.17) is 0 Å². The summed E-state index contributed by atoms with van der Waals surface area (Å²) in [7, 11) is 3.65. The zero-order valence-electron chi connectivity index (χ0n) is 10.6. The van der Waals surface area contributed by atoms with Crippen LogP contribution in [-0.2, 0) is 4.79 Å². The van der Waals surface area contributed by atoms with E-state index < -0.39 is 12.0 Å². The average Bonchev–Trinajstić information content (AvgIpc) is 2.89. The summed E-state index contributed by atoms with van der Waals surface area (Å²) >= 11 is 1.39. The van der Waals surface area contributed by atoms with E-state index in [0.717, 1.165) is 4.88 Å². The van der Waals surface area contributed by atoms with Crippen LogP contribution in [-0.4, -0.2) is 35.1 Å². The molecule has 0 saturated carbocycles. The predicted octanol–water partition coefficient (Wildman–Crippen LogP) is 1.84. The summed E-state index contributed by atoms with van der Waals surface area (Å²) in [4.78, 5) is 22.1. The highest BCUT2D eigenvalue weighted by Crippen LogP contribution is 2.23. The summed E-state index contributed by atoms with van der Waals surface area (Å²) in [5.74, 6) is 0.0762. The van der Waals surface area contributed by atoms with Gasteiger partial charge in [-0.3, -0.25) is 0 Å².